The molecule has 2 fully saturated rings. The van der Waals surface area contributed by atoms with Crippen LogP contribution in [-0.4, -0.2) is 50.7 Å². The summed E-state index contributed by atoms with van der Waals surface area (Å²) in [5, 5.41) is 10.2. The number of thioether (sulfide) groups is 1. The highest BCUT2D eigenvalue weighted by molar-refractivity contribution is 8.18. The molecule has 2 saturated heterocycles. The van der Waals surface area contributed by atoms with E-state index in [0.717, 1.165) is 77.3 Å². The second-order valence-corrected chi connectivity index (χ2v) is 11.8. The average molecular weight is 588 g/mol. The Bertz CT molecular complexity index is 1880. The van der Waals surface area contributed by atoms with E-state index in [1.807, 2.05) is 18.5 Å². The van der Waals surface area contributed by atoms with Crippen LogP contribution in [0.15, 0.2) is 84.2 Å². The molecule has 0 atom stereocenters. The molecule has 43 heavy (non-hydrogen) atoms. The molecule has 10 heteroatoms. The number of nitrogens with zero attached hydrogens (tertiary/aromatic N) is 5. The Morgan fingerprint density at radius 1 is 0.953 bits per heavy atom. The minimum absolute atomic E-state index is 0.348. The summed E-state index contributed by atoms with van der Waals surface area (Å²) in [7, 11) is 0. The number of piperidine rings is 1. The predicted octanol–water partition coefficient (Wildman–Crippen LogP) is 5.57. The molecule has 2 aromatic carbocycles. The third kappa shape index (κ3) is 5.84. The molecule has 0 bridgehead atoms. The third-order valence-electron chi connectivity index (χ3n) is 7.97. The van der Waals surface area contributed by atoms with E-state index >= 15 is 0 Å². The largest absolute Gasteiger partial charge is 0.341 e. The summed E-state index contributed by atoms with van der Waals surface area (Å²) in [6.45, 7) is 3.29. The van der Waals surface area contributed by atoms with Crippen molar-refractivity contribution in [3.05, 3.63) is 95.5 Å². The first-order valence-corrected chi connectivity index (χ1v) is 15.2. The summed E-state index contributed by atoms with van der Waals surface area (Å²) in [5.74, 6) is 0.790. The Morgan fingerprint density at radius 3 is 2.56 bits per heavy atom. The molecule has 5 aromatic rings. The van der Waals surface area contributed by atoms with E-state index < -0.39 is 0 Å². The van der Waals surface area contributed by atoms with Gasteiger partial charge in [-0.1, -0.05) is 48.5 Å². The van der Waals surface area contributed by atoms with Crippen LogP contribution in [0.5, 0.6) is 0 Å². The summed E-state index contributed by atoms with van der Waals surface area (Å²) < 4.78 is 0. The Morgan fingerprint density at radius 2 is 1.74 bits per heavy atom. The number of hydrogen-bond acceptors (Lipinski definition) is 9. The van der Waals surface area contributed by atoms with Gasteiger partial charge in [-0.2, -0.15) is 0 Å². The number of nitrogens with one attached hydrogen (secondary N) is 2. The topological polar surface area (TPSA) is 113 Å². The number of rotatable bonds is 7. The summed E-state index contributed by atoms with van der Waals surface area (Å²) >= 11 is 0.890. The van der Waals surface area contributed by atoms with Crippen LogP contribution in [0.4, 0.5) is 10.7 Å². The molecule has 0 spiro atoms. The van der Waals surface area contributed by atoms with Crippen molar-refractivity contribution in [3.8, 4) is 11.3 Å². The van der Waals surface area contributed by atoms with Gasteiger partial charge in [-0.15, -0.1) is 0 Å². The number of carbonyl (C=O) groups excluding carboxylic acids is 2. The lowest BCUT2D eigenvalue weighted by molar-refractivity contribution is -0.115. The predicted molar refractivity (Wildman–Crippen MR) is 170 cm³/mol. The highest BCUT2D eigenvalue weighted by Gasteiger charge is 2.26. The van der Waals surface area contributed by atoms with Gasteiger partial charge in [0.1, 0.15) is 0 Å². The molecule has 0 unspecified atom stereocenters. The SMILES string of the molecule is O=C1NC(=O)/C(=C/c2ccnc(N3CCC(CNCc4nc(-c5cncc6ccccc56)cc5ccccc45)CC3)n2)S1. The monoisotopic (exact) mass is 587 g/mol. The fraction of sp³-hybridized carbons (Fsp3) is 0.212. The molecule has 2 amide bonds. The molecule has 2 aliphatic heterocycles. The van der Waals surface area contributed by atoms with Gasteiger partial charge in [-0.3, -0.25) is 24.9 Å². The minimum atomic E-state index is -0.385. The van der Waals surface area contributed by atoms with Gasteiger partial charge >= 0.3 is 0 Å². The maximum Gasteiger partial charge on any atom is 0.290 e. The van der Waals surface area contributed by atoms with Crippen LogP contribution in [-0.2, 0) is 11.3 Å². The molecule has 0 aliphatic carbocycles. The Hall–Kier alpha value is -4.67. The van der Waals surface area contributed by atoms with E-state index in [4.69, 9.17) is 4.98 Å². The molecular weight excluding hydrogens is 558 g/mol. The van der Waals surface area contributed by atoms with Crippen molar-refractivity contribution in [1.82, 2.24) is 30.6 Å². The highest BCUT2D eigenvalue weighted by atomic mass is 32.2. The second-order valence-electron chi connectivity index (χ2n) is 10.8. The number of pyridine rings is 2. The van der Waals surface area contributed by atoms with Gasteiger partial charge in [0.25, 0.3) is 11.1 Å². The molecule has 0 saturated carbocycles. The maximum atomic E-state index is 11.9. The fourth-order valence-corrected chi connectivity index (χ4v) is 6.41. The lowest BCUT2D eigenvalue weighted by atomic mass is 9.97. The van der Waals surface area contributed by atoms with Gasteiger partial charge in [-0.05, 0) is 66.0 Å². The summed E-state index contributed by atoms with van der Waals surface area (Å²) in [6.07, 6.45) is 9.17. The van der Waals surface area contributed by atoms with E-state index in [1.54, 1.807) is 18.3 Å². The zero-order valence-electron chi connectivity index (χ0n) is 23.4. The number of hydrogen-bond donors (Lipinski definition) is 2. The average Bonchev–Trinajstić information content (AvgIpc) is 3.36. The first kappa shape index (κ1) is 27.2. The molecule has 5 heterocycles. The van der Waals surface area contributed by atoms with Crippen molar-refractivity contribution in [1.29, 1.82) is 0 Å². The van der Waals surface area contributed by atoms with Crippen molar-refractivity contribution in [2.45, 2.75) is 19.4 Å². The van der Waals surface area contributed by atoms with Crippen LogP contribution in [0.3, 0.4) is 0 Å². The molecule has 7 rings (SSSR count). The molecule has 2 N–H and O–H groups in total. The molecule has 2 aliphatic rings. The lowest BCUT2D eigenvalue weighted by Gasteiger charge is -2.32. The quantitative estimate of drug-likeness (QED) is 0.236. The summed E-state index contributed by atoms with van der Waals surface area (Å²) in [6, 6.07) is 20.6. The van der Waals surface area contributed by atoms with Crippen molar-refractivity contribution in [3.63, 3.8) is 0 Å². The Labute approximate surface area is 252 Å². The van der Waals surface area contributed by atoms with Crippen LogP contribution in [0.2, 0.25) is 0 Å². The van der Waals surface area contributed by atoms with Crippen LogP contribution >= 0.6 is 11.8 Å². The zero-order valence-corrected chi connectivity index (χ0v) is 24.2. The highest BCUT2D eigenvalue weighted by Crippen LogP contribution is 2.30. The first-order chi connectivity index (χ1) is 21.1. The van der Waals surface area contributed by atoms with E-state index in [9.17, 15) is 9.59 Å². The summed E-state index contributed by atoms with van der Waals surface area (Å²) in [5.41, 5.74) is 3.62. The number of fused-ring (bicyclic) bond motifs is 2. The van der Waals surface area contributed by atoms with E-state index in [0.29, 0.717) is 29.0 Å². The number of anilines is 1. The molecule has 0 radical (unpaired) electrons. The third-order valence-corrected chi connectivity index (χ3v) is 8.78. The van der Waals surface area contributed by atoms with Gasteiger partial charge in [0.2, 0.25) is 5.95 Å². The number of imide groups is 1. The van der Waals surface area contributed by atoms with Crippen LogP contribution in [0.25, 0.3) is 38.9 Å². The zero-order chi connectivity index (χ0) is 29.2. The second kappa shape index (κ2) is 11.9. The fourth-order valence-electron chi connectivity index (χ4n) is 5.75. The van der Waals surface area contributed by atoms with Crippen molar-refractivity contribution >= 4 is 56.5 Å². The summed E-state index contributed by atoms with van der Waals surface area (Å²) in [4.78, 5) is 44.6. The van der Waals surface area contributed by atoms with Crippen molar-refractivity contribution in [2.24, 2.45) is 5.92 Å². The van der Waals surface area contributed by atoms with E-state index in [-0.39, 0.29) is 11.1 Å². The Balaban J connectivity index is 1.01. The van der Waals surface area contributed by atoms with E-state index in [2.05, 4.69) is 79.0 Å². The van der Waals surface area contributed by atoms with E-state index in [1.165, 1.54) is 5.39 Å². The van der Waals surface area contributed by atoms with Crippen LogP contribution in [0.1, 0.15) is 24.2 Å². The standard InChI is InChI=1S/C33H29N7O2S/c41-31-30(43-33(42)39-31)16-24-9-12-36-32(37-24)40-13-10-21(11-14-40)17-34-20-29-26-8-4-1-5-22(26)15-28(38-29)27-19-35-18-23-6-2-3-7-25(23)27/h1-9,12,15-16,18-19,21,34H,10-11,13-14,17,20H2,(H,39,41,42)/b30-16-. The molecule has 9 nitrogen and oxygen atoms in total. The van der Waals surface area contributed by atoms with Gasteiger partial charge in [0.15, 0.2) is 0 Å². The molecule has 214 valence electrons. The normalized spacial score (nSPS) is 16.8. The van der Waals surface area contributed by atoms with Gasteiger partial charge < -0.3 is 10.2 Å². The van der Waals surface area contributed by atoms with Gasteiger partial charge in [0.05, 0.1) is 22.0 Å². The number of carbonyl (C=O) groups is 2. The minimum Gasteiger partial charge on any atom is -0.341 e. The lowest BCUT2D eigenvalue weighted by Crippen LogP contribution is -2.38. The smallest absolute Gasteiger partial charge is 0.290 e. The van der Waals surface area contributed by atoms with Gasteiger partial charge in [0, 0.05) is 54.6 Å². The number of aromatic nitrogens is 4. The molecule has 3 aromatic heterocycles. The van der Waals surface area contributed by atoms with Crippen LogP contribution in [0, 0.1) is 5.92 Å². The maximum absolute atomic E-state index is 11.9. The number of benzene rings is 2. The van der Waals surface area contributed by atoms with Crippen LogP contribution < -0.4 is 15.5 Å². The van der Waals surface area contributed by atoms with Crippen molar-refractivity contribution in [2.75, 3.05) is 24.5 Å². The number of amides is 2. The Kier molecular flexibility index (Phi) is 7.53. The first-order valence-electron chi connectivity index (χ1n) is 14.4. The van der Waals surface area contributed by atoms with Crippen molar-refractivity contribution < 1.29 is 9.59 Å². The van der Waals surface area contributed by atoms with Gasteiger partial charge in [-0.25, -0.2) is 9.97 Å². The molecular formula is C33H29N7O2S.